The van der Waals surface area contributed by atoms with Gasteiger partial charge in [0.05, 0.1) is 6.42 Å². The number of nitrogens with zero attached hydrogens (tertiary/aromatic N) is 3. The van der Waals surface area contributed by atoms with E-state index in [1.54, 1.807) is 4.90 Å². The molecule has 1 fully saturated rings. The molecule has 1 aliphatic heterocycles. The summed E-state index contributed by atoms with van der Waals surface area (Å²) in [4.78, 5) is 32.0. The summed E-state index contributed by atoms with van der Waals surface area (Å²) in [6.07, 6.45) is 10.5. The molecule has 1 unspecified atom stereocenters. The van der Waals surface area contributed by atoms with Crippen LogP contribution in [0, 0.1) is 5.92 Å². The van der Waals surface area contributed by atoms with Gasteiger partial charge in [0.15, 0.2) is 0 Å². The largest absolute Gasteiger partial charge is 0.460 e. The van der Waals surface area contributed by atoms with Gasteiger partial charge in [-0.15, -0.1) is 0 Å². The lowest BCUT2D eigenvalue weighted by molar-refractivity contribution is -0.155. The van der Waals surface area contributed by atoms with Crippen LogP contribution in [0.1, 0.15) is 112 Å². The molecule has 1 atom stereocenters. The van der Waals surface area contributed by atoms with Crippen molar-refractivity contribution in [2.75, 3.05) is 6.54 Å². The highest BCUT2D eigenvalue weighted by molar-refractivity contribution is 5.90. The molecule has 4 rings (SSSR count). The van der Waals surface area contributed by atoms with E-state index in [9.17, 15) is 9.59 Å². The van der Waals surface area contributed by atoms with Crippen molar-refractivity contribution in [1.29, 1.82) is 0 Å². The van der Waals surface area contributed by atoms with Gasteiger partial charge in [0.2, 0.25) is 5.89 Å². The summed E-state index contributed by atoms with van der Waals surface area (Å²) in [5.41, 5.74) is 1.88. The van der Waals surface area contributed by atoms with E-state index >= 15 is 0 Å². The Kier molecular flexibility index (Phi) is 8.24. The molecule has 7 heteroatoms. The van der Waals surface area contributed by atoms with Crippen LogP contribution in [0.3, 0.4) is 0 Å². The molecule has 2 aliphatic rings. The molecule has 0 saturated heterocycles. The first-order valence-corrected chi connectivity index (χ1v) is 13.2. The van der Waals surface area contributed by atoms with Crippen molar-refractivity contribution in [3.8, 4) is 0 Å². The normalized spacial score (nSPS) is 17.6. The fourth-order valence-corrected chi connectivity index (χ4v) is 5.32. The van der Waals surface area contributed by atoms with Gasteiger partial charge in [0.1, 0.15) is 5.60 Å². The van der Waals surface area contributed by atoms with Crippen LogP contribution >= 0.6 is 0 Å². The van der Waals surface area contributed by atoms with Crippen LogP contribution in [0.2, 0.25) is 0 Å². The van der Waals surface area contributed by atoms with E-state index in [1.165, 1.54) is 37.7 Å². The van der Waals surface area contributed by atoms with Gasteiger partial charge in [-0.3, -0.25) is 9.59 Å². The van der Waals surface area contributed by atoms with Gasteiger partial charge >= 0.3 is 5.97 Å². The van der Waals surface area contributed by atoms with Gasteiger partial charge < -0.3 is 14.2 Å². The molecule has 1 amide bonds. The van der Waals surface area contributed by atoms with Crippen molar-refractivity contribution >= 4 is 11.9 Å². The Balaban J connectivity index is 1.42. The Hall–Kier alpha value is -2.70. The van der Waals surface area contributed by atoms with Gasteiger partial charge in [-0.05, 0) is 50.7 Å². The van der Waals surface area contributed by atoms with Gasteiger partial charge in [0.25, 0.3) is 11.7 Å². The molecular weight excluding hydrogens is 442 g/mol. The number of hydrogen-bond acceptors (Lipinski definition) is 6. The minimum atomic E-state index is -0.551. The van der Waals surface area contributed by atoms with Crippen LogP contribution in [0.25, 0.3) is 0 Å². The van der Waals surface area contributed by atoms with Crippen LogP contribution in [0.15, 0.2) is 28.8 Å². The lowest BCUT2D eigenvalue weighted by atomic mass is 9.84. The molecule has 35 heavy (non-hydrogen) atoms. The van der Waals surface area contributed by atoms with Crippen LogP contribution in [-0.4, -0.2) is 39.1 Å². The topological polar surface area (TPSA) is 85.5 Å². The van der Waals surface area contributed by atoms with Crippen molar-refractivity contribution in [2.24, 2.45) is 5.92 Å². The molecule has 2 heterocycles. The number of aromatic nitrogens is 2. The lowest BCUT2D eigenvalue weighted by Crippen LogP contribution is -2.36. The van der Waals surface area contributed by atoms with Crippen LogP contribution in [0.5, 0.6) is 0 Å². The van der Waals surface area contributed by atoms with Crippen molar-refractivity contribution in [2.45, 2.75) is 103 Å². The zero-order valence-corrected chi connectivity index (χ0v) is 21.4. The van der Waals surface area contributed by atoms with E-state index in [-0.39, 0.29) is 30.0 Å². The Morgan fingerprint density at radius 3 is 2.63 bits per heavy atom. The smallest absolute Gasteiger partial charge is 0.307 e. The number of carbonyl (C=O) groups excluding carboxylic acids is 2. The molecule has 1 aromatic heterocycles. The van der Waals surface area contributed by atoms with E-state index in [1.807, 2.05) is 32.9 Å². The average molecular weight is 482 g/mol. The summed E-state index contributed by atoms with van der Waals surface area (Å²) >= 11 is 0. The number of esters is 1. The first kappa shape index (κ1) is 25.4. The number of carbonyl (C=O) groups is 2. The first-order valence-electron chi connectivity index (χ1n) is 13.2. The fraction of sp³-hybridized carbons (Fsp3) is 0.643. The second-order valence-corrected chi connectivity index (χ2v) is 11.1. The molecule has 190 valence electrons. The average Bonchev–Trinajstić information content (AvgIpc) is 3.32. The summed E-state index contributed by atoms with van der Waals surface area (Å²) in [5, 5.41) is 4.02. The maximum atomic E-state index is 13.1. The fourth-order valence-electron chi connectivity index (χ4n) is 5.32. The van der Waals surface area contributed by atoms with Gasteiger partial charge in [0, 0.05) is 19.0 Å². The summed E-state index contributed by atoms with van der Waals surface area (Å²) in [5.74, 6) is 0.449. The highest BCUT2D eigenvalue weighted by Gasteiger charge is 2.30. The van der Waals surface area contributed by atoms with Crippen LogP contribution in [-0.2, 0) is 22.5 Å². The van der Waals surface area contributed by atoms with Crippen molar-refractivity contribution < 1.29 is 18.8 Å². The SMILES string of the molecule is CC(C)(C)OC(=O)CC(CCCC1CCCCC1)c1nc(C(=O)N2CCc3ccccc3C2)no1. The summed E-state index contributed by atoms with van der Waals surface area (Å²) in [7, 11) is 0. The predicted octanol–water partition coefficient (Wildman–Crippen LogP) is 5.83. The third kappa shape index (κ3) is 7.15. The maximum Gasteiger partial charge on any atom is 0.307 e. The Labute approximate surface area is 208 Å². The van der Waals surface area contributed by atoms with Gasteiger partial charge in [-0.1, -0.05) is 74.4 Å². The summed E-state index contributed by atoms with van der Waals surface area (Å²) in [6.45, 7) is 6.76. The molecule has 0 spiro atoms. The second-order valence-electron chi connectivity index (χ2n) is 11.1. The Morgan fingerprint density at radius 2 is 1.89 bits per heavy atom. The highest BCUT2D eigenvalue weighted by atomic mass is 16.6. The number of hydrogen-bond donors (Lipinski definition) is 0. The van der Waals surface area contributed by atoms with Gasteiger partial charge in [-0.2, -0.15) is 4.98 Å². The van der Waals surface area contributed by atoms with Gasteiger partial charge in [-0.25, -0.2) is 0 Å². The summed E-state index contributed by atoms with van der Waals surface area (Å²) < 4.78 is 11.1. The third-order valence-corrected chi connectivity index (χ3v) is 7.12. The minimum Gasteiger partial charge on any atom is -0.460 e. The van der Waals surface area contributed by atoms with Crippen molar-refractivity contribution in [1.82, 2.24) is 15.0 Å². The Morgan fingerprint density at radius 1 is 1.14 bits per heavy atom. The van der Waals surface area contributed by atoms with E-state index in [0.717, 1.165) is 37.2 Å². The minimum absolute atomic E-state index is 0.0702. The molecule has 0 radical (unpaired) electrons. The molecule has 1 saturated carbocycles. The van der Waals surface area contributed by atoms with E-state index in [4.69, 9.17) is 9.26 Å². The molecule has 0 bridgehead atoms. The first-order chi connectivity index (χ1) is 16.8. The number of benzene rings is 1. The highest BCUT2D eigenvalue weighted by Crippen LogP contribution is 2.32. The lowest BCUT2D eigenvalue weighted by Gasteiger charge is -2.27. The maximum absolute atomic E-state index is 13.1. The molecule has 2 aromatic rings. The monoisotopic (exact) mass is 481 g/mol. The number of fused-ring (bicyclic) bond motifs is 1. The zero-order valence-electron chi connectivity index (χ0n) is 21.4. The number of ether oxygens (including phenoxy) is 1. The van der Waals surface area contributed by atoms with Crippen LogP contribution in [0.4, 0.5) is 0 Å². The van der Waals surface area contributed by atoms with Crippen LogP contribution < -0.4 is 0 Å². The third-order valence-electron chi connectivity index (χ3n) is 7.12. The second kappa shape index (κ2) is 11.4. The standard InChI is InChI=1S/C28H39N3O4/c1-28(2,3)34-24(32)18-22(15-9-12-20-10-5-4-6-11-20)26-29-25(30-35-26)27(33)31-17-16-21-13-7-8-14-23(21)19-31/h7-8,13-14,20,22H,4-6,9-12,15-19H2,1-3H3. The predicted molar refractivity (Wildman–Crippen MR) is 133 cm³/mol. The van der Waals surface area contributed by atoms with E-state index in [2.05, 4.69) is 22.3 Å². The molecule has 1 aliphatic carbocycles. The Bertz CT molecular complexity index is 1000. The molecular formula is C28H39N3O4. The van der Waals surface area contributed by atoms with E-state index < -0.39 is 5.60 Å². The van der Waals surface area contributed by atoms with Crippen molar-refractivity contribution in [3.05, 3.63) is 47.1 Å². The van der Waals surface area contributed by atoms with E-state index in [0.29, 0.717) is 19.0 Å². The van der Waals surface area contributed by atoms with Crippen molar-refractivity contribution in [3.63, 3.8) is 0 Å². The molecule has 0 N–H and O–H groups in total. The summed E-state index contributed by atoms with van der Waals surface area (Å²) in [6, 6.07) is 8.19. The molecule has 1 aromatic carbocycles. The quantitative estimate of drug-likeness (QED) is 0.441. The molecule has 7 nitrogen and oxygen atoms in total. The number of rotatable bonds is 8. The zero-order chi connectivity index (χ0) is 24.8. The number of amides is 1.